The topological polar surface area (TPSA) is 101 Å². The fourth-order valence-corrected chi connectivity index (χ4v) is 4.43. The van der Waals surface area contributed by atoms with Gasteiger partial charge in [-0.25, -0.2) is 4.79 Å². The van der Waals surface area contributed by atoms with Crippen LogP contribution in [0.1, 0.15) is 31.6 Å². The summed E-state index contributed by atoms with van der Waals surface area (Å²) in [5, 5.41) is 12.8. The van der Waals surface area contributed by atoms with Gasteiger partial charge in [-0.1, -0.05) is 19.9 Å². The van der Waals surface area contributed by atoms with E-state index >= 15 is 0 Å². The van der Waals surface area contributed by atoms with Gasteiger partial charge in [0.25, 0.3) is 5.91 Å². The number of piperazine rings is 1. The maximum absolute atomic E-state index is 12.8. The first kappa shape index (κ1) is 20.3. The Bertz CT molecular complexity index is 777. The molecule has 0 unspecified atom stereocenters. The standard InChI is InChI=1S/C19H25N3O5S/c1-19(2,11-16(24)25)10-15(23)20-7-8-21-14(12-20)17(26)22(18(21)27)6-5-13-4-3-9-28-13/h3-4,9,14H,5-8,10-12H2,1-2H3,(H,24,25)/p-1/t14-/m1/s1. The number of urea groups is 1. The Morgan fingerprint density at radius 3 is 2.64 bits per heavy atom. The second-order valence-corrected chi connectivity index (χ2v) is 9.07. The molecule has 0 aliphatic carbocycles. The zero-order chi connectivity index (χ0) is 20.5. The summed E-state index contributed by atoms with van der Waals surface area (Å²) in [7, 11) is 0. The van der Waals surface area contributed by atoms with Gasteiger partial charge < -0.3 is 19.7 Å². The van der Waals surface area contributed by atoms with Crippen molar-refractivity contribution in [1.29, 1.82) is 0 Å². The summed E-state index contributed by atoms with van der Waals surface area (Å²) in [6.45, 7) is 4.53. The molecule has 1 aromatic rings. The summed E-state index contributed by atoms with van der Waals surface area (Å²) in [5.41, 5.74) is -0.727. The maximum Gasteiger partial charge on any atom is 0.327 e. The number of hydrogen-bond acceptors (Lipinski definition) is 6. The van der Waals surface area contributed by atoms with Gasteiger partial charge in [-0.05, 0) is 29.7 Å². The monoisotopic (exact) mass is 406 g/mol. The quantitative estimate of drug-likeness (QED) is 0.607. The van der Waals surface area contributed by atoms with Gasteiger partial charge in [-0.15, -0.1) is 11.3 Å². The number of imide groups is 1. The molecular weight excluding hydrogens is 382 g/mol. The van der Waals surface area contributed by atoms with Crippen LogP contribution < -0.4 is 5.11 Å². The predicted molar refractivity (Wildman–Crippen MR) is 100 cm³/mol. The molecule has 2 aliphatic heterocycles. The van der Waals surface area contributed by atoms with Gasteiger partial charge in [-0.3, -0.25) is 14.5 Å². The molecule has 1 aromatic heterocycles. The summed E-state index contributed by atoms with van der Waals surface area (Å²) in [6.07, 6.45) is 0.462. The number of nitrogens with zero attached hydrogens (tertiary/aromatic N) is 3. The molecule has 4 amide bonds. The van der Waals surface area contributed by atoms with Crippen LogP contribution in [-0.4, -0.2) is 70.7 Å². The molecule has 8 nitrogen and oxygen atoms in total. The van der Waals surface area contributed by atoms with Gasteiger partial charge in [0.15, 0.2) is 0 Å². The van der Waals surface area contributed by atoms with E-state index in [0.717, 1.165) is 4.88 Å². The van der Waals surface area contributed by atoms with Crippen LogP contribution in [0.25, 0.3) is 0 Å². The van der Waals surface area contributed by atoms with E-state index in [1.54, 1.807) is 30.1 Å². The molecule has 2 fully saturated rings. The third kappa shape index (κ3) is 4.35. The minimum absolute atomic E-state index is 0.0535. The highest BCUT2D eigenvalue weighted by atomic mass is 32.1. The summed E-state index contributed by atoms with van der Waals surface area (Å²) in [4.78, 5) is 54.3. The lowest BCUT2D eigenvalue weighted by atomic mass is 9.85. The maximum atomic E-state index is 12.8. The Hall–Kier alpha value is -2.42. The molecule has 1 atom stereocenters. The van der Waals surface area contributed by atoms with E-state index in [1.807, 2.05) is 17.5 Å². The van der Waals surface area contributed by atoms with Crippen LogP contribution in [0, 0.1) is 5.41 Å². The summed E-state index contributed by atoms with van der Waals surface area (Å²) in [6, 6.07) is 2.95. The first-order valence-electron chi connectivity index (χ1n) is 9.30. The smallest absolute Gasteiger partial charge is 0.327 e. The molecule has 152 valence electrons. The Labute approximate surface area is 167 Å². The molecule has 9 heteroatoms. The van der Waals surface area contributed by atoms with Crippen LogP contribution in [-0.2, 0) is 20.8 Å². The Balaban J connectivity index is 1.61. The lowest BCUT2D eigenvalue weighted by Crippen LogP contribution is -2.55. The molecule has 0 spiro atoms. The van der Waals surface area contributed by atoms with E-state index < -0.39 is 17.4 Å². The normalized spacial score (nSPS) is 19.9. The molecule has 2 aliphatic rings. The molecule has 0 bridgehead atoms. The lowest BCUT2D eigenvalue weighted by Gasteiger charge is -2.37. The molecule has 3 rings (SSSR count). The number of fused-ring (bicyclic) bond motifs is 1. The number of carboxylic acids is 1. The van der Waals surface area contributed by atoms with Gasteiger partial charge in [0.1, 0.15) is 6.04 Å². The van der Waals surface area contributed by atoms with Crippen molar-refractivity contribution < 1.29 is 24.3 Å². The number of amides is 4. The number of aliphatic carboxylic acids is 1. The molecular formula is C19H24N3O5S-. The fourth-order valence-electron chi connectivity index (χ4n) is 3.74. The number of carbonyl (C=O) groups is 4. The van der Waals surface area contributed by atoms with E-state index in [1.165, 1.54) is 9.80 Å². The van der Waals surface area contributed by atoms with E-state index in [-0.39, 0.29) is 37.2 Å². The van der Waals surface area contributed by atoms with Crippen molar-refractivity contribution in [2.45, 2.75) is 39.2 Å². The van der Waals surface area contributed by atoms with Crippen LogP contribution in [0.5, 0.6) is 0 Å². The third-order valence-electron chi connectivity index (χ3n) is 5.18. The van der Waals surface area contributed by atoms with Crippen molar-refractivity contribution in [3.63, 3.8) is 0 Å². The first-order chi connectivity index (χ1) is 13.2. The Morgan fingerprint density at radius 1 is 1.25 bits per heavy atom. The highest BCUT2D eigenvalue weighted by Gasteiger charge is 2.48. The average molecular weight is 406 g/mol. The van der Waals surface area contributed by atoms with Crippen LogP contribution in [0.3, 0.4) is 0 Å². The number of carbonyl (C=O) groups excluding carboxylic acids is 4. The summed E-state index contributed by atoms with van der Waals surface area (Å²) >= 11 is 1.59. The number of rotatable bonds is 7. The molecule has 0 aromatic carbocycles. The van der Waals surface area contributed by atoms with Crippen molar-refractivity contribution in [2.24, 2.45) is 5.41 Å². The van der Waals surface area contributed by atoms with E-state index in [4.69, 9.17) is 0 Å². The zero-order valence-electron chi connectivity index (χ0n) is 16.1. The Morgan fingerprint density at radius 2 is 2.00 bits per heavy atom. The largest absolute Gasteiger partial charge is 0.550 e. The van der Waals surface area contributed by atoms with Crippen LogP contribution in [0.4, 0.5) is 4.79 Å². The summed E-state index contributed by atoms with van der Waals surface area (Å²) in [5.74, 6) is -1.67. The van der Waals surface area contributed by atoms with E-state index in [9.17, 15) is 24.3 Å². The van der Waals surface area contributed by atoms with E-state index in [2.05, 4.69) is 0 Å². The number of thiophene rings is 1. The first-order valence-corrected chi connectivity index (χ1v) is 10.2. The summed E-state index contributed by atoms with van der Waals surface area (Å²) < 4.78 is 0. The SMILES string of the molecule is CC(C)(CC(=O)[O-])CC(=O)N1CCN2C(=O)N(CCc3cccs3)C(=O)[C@H]2C1. The molecule has 3 heterocycles. The minimum Gasteiger partial charge on any atom is -0.550 e. The van der Waals surface area contributed by atoms with Crippen molar-refractivity contribution in [2.75, 3.05) is 26.2 Å². The van der Waals surface area contributed by atoms with Crippen LogP contribution >= 0.6 is 11.3 Å². The molecule has 28 heavy (non-hydrogen) atoms. The second kappa shape index (κ2) is 7.90. The van der Waals surface area contributed by atoms with Gasteiger partial charge in [-0.2, -0.15) is 0 Å². The van der Waals surface area contributed by atoms with Crippen LogP contribution in [0.15, 0.2) is 17.5 Å². The molecule has 2 saturated heterocycles. The fraction of sp³-hybridized carbons (Fsp3) is 0.579. The molecule has 0 saturated carbocycles. The highest BCUT2D eigenvalue weighted by molar-refractivity contribution is 7.09. The predicted octanol–water partition coefficient (Wildman–Crippen LogP) is 0.322. The van der Waals surface area contributed by atoms with E-state index in [0.29, 0.717) is 26.1 Å². The lowest BCUT2D eigenvalue weighted by molar-refractivity contribution is -0.307. The highest BCUT2D eigenvalue weighted by Crippen LogP contribution is 2.28. The zero-order valence-corrected chi connectivity index (χ0v) is 16.9. The molecule has 0 N–H and O–H groups in total. The van der Waals surface area contributed by atoms with Gasteiger partial charge >= 0.3 is 6.03 Å². The van der Waals surface area contributed by atoms with Gasteiger partial charge in [0.2, 0.25) is 5.91 Å². The Kier molecular flexibility index (Phi) is 5.74. The van der Waals surface area contributed by atoms with Crippen molar-refractivity contribution in [3.05, 3.63) is 22.4 Å². The third-order valence-corrected chi connectivity index (χ3v) is 6.11. The van der Waals surface area contributed by atoms with Crippen molar-refractivity contribution in [3.8, 4) is 0 Å². The number of hydrogen-bond donors (Lipinski definition) is 0. The van der Waals surface area contributed by atoms with Crippen molar-refractivity contribution >= 4 is 35.2 Å². The average Bonchev–Trinajstić information content (AvgIpc) is 3.19. The minimum atomic E-state index is -1.19. The second-order valence-electron chi connectivity index (χ2n) is 8.04. The van der Waals surface area contributed by atoms with Gasteiger partial charge in [0.05, 0.1) is 6.54 Å². The number of carboxylic acid groups (broad SMARTS) is 1. The van der Waals surface area contributed by atoms with Crippen molar-refractivity contribution in [1.82, 2.24) is 14.7 Å². The van der Waals surface area contributed by atoms with Gasteiger partial charge in [0, 0.05) is 36.9 Å². The van der Waals surface area contributed by atoms with Crippen LogP contribution in [0.2, 0.25) is 0 Å². The molecule has 0 radical (unpaired) electrons.